The largest absolute Gasteiger partial charge is 0.465 e. The van der Waals surface area contributed by atoms with Gasteiger partial charge in [0.05, 0.1) is 48.2 Å². The number of carbonyl (C=O) groups is 2. The summed E-state index contributed by atoms with van der Waals surface area (Å²) in [5.74, 6) is -1.36. The molecule has 0 bridgehead atoms. The van der Waals surface area contributed by atoms with Crippen LogP contribution in [0, 0.1) is 24.7 Å². The summed E-state index contributed by atoms with van der Waals surface area (Å²) in [5, 5.41) is 8.67. The Kier molecular flexibility index (Phi) is 9.70. The normalized spacial score (nSPS) is 17.8. The van der Waals surface area contributed by atoms with Gasteiger partial charge in [-0.3, -0.25) is 0 Å². The Bertz CT molecular complexity index is 2550. The number of hydrogen-bond acceptors (Lipinski definition) is 6. The number of aromatic amines is 1. The summed E-state index contributed by atoms with van der Waals surface area (Å²) in [4.78, 5) is 28.9. The van der Waals surface area contributed by atoms with Crippen molar-refractivity contribution in [2.75, 3.05) is 24.9 Å². The van der Waals surface area contributed by atoms with Crippen LogP contribution in [-0.4, -0.2) is 41.9 Å². The van der Waals surface area contributed by atoms with Gasteiger partial charge in [0, 0.05) is 51.7 Å². The Morgan fingerprint density at radius 3 is 2.21 bits per heavy atom. The summed E-state index contributed by atoms with van der Waals surface area (Å²) in [7, 11) is 2.74. The van der Waals surface area contributed by atoms with Crippen LogP contribution in [-0.2, 0) is 22.3 Å². The first kappa shape index (κ1) is 36.7. The van der Waals surface area contributed by atoms with Crippen molar-refractivity contribution in [2.24, 2.45) is 17.8 Å². The lowest BCUT2D eigenvalue weighted by Gasteiger charge is -2.22. The number of H-pyrrole nitrogens is 1. The molecule has 11 heteroatoms. The average Bonchev–Trinajstić information content (AvgIpc) is 3.56. The number of aryl methyl sites for hydroxylation is 1. The van der Waals surface area contributed by atoms with Gasteiger partial charge in [-0.25, -0.2) is 9.59 Å². The Balaban J connectivity index is 0.920. The van der Waals surface area contributed by atoms with Gasteiger partial charge in [-0.1, -0.05) is 29.8 Å². The number of anilines is 4. The minimum atomic E-state index is -4.30. The van der Waals surface area contributed by atoms with Gasteiger partial charge >= 0.3 is 18.1 Å². The number of alkyl halides is 3. The van der Waals surface area contributed by atoms with Crippen molar-refractivity contribution < 1.29 is 32.2 Å². The number of fused-ring (bicyclic) bond motifs is 2. The van der Waals surface area contributed by atoms with E-state index in [2.05, 4.69) is 27.8 Å². The van der Waals surface area contributed by atoms with Crippen LogP contribution in [0.25, 0.3) is 27.5 Å². The molecule has 0 aliphatic heterocycles. The van der Waals surface area contributed by atoms with E-state index in [0.717, 1.165) is 69.3 Å². The summed E-state index contributed by atoms with van der Waals surface area (Å²) in [5.41, 5.74) is 9.42. The molecule has 4 aromatic carbocycles. The van der Waals surface area contributed by atoms with E-state index < -0.39 is 18.1 Å². The number of ether oxygens (including phenoxy) is 2. The third-order valence-electron chi connectivity index (χ3n) is 10.8. The van der Waals surface area contributed by atoms with E-state index in [0.29, 0.717) is 40.0 Å². The van der Waals surface area contributed by atoms with E-state index in [1.54, 1.807) is 16.8 Å². The molecule has 286 valence electrons. The van der Waals surface area contributed by atoms with Gasteiger partial charge in [-0.2, -0.15) is 13.2 Å². The zero-order valence-electron chi connectivity index (χ0n) is 31.2. The number of nitrogens with zero attached hydrogens (tertiary/aromatic N) is 1. The lowest BCUT2D eigenvalue weighted by atomic mass is 9.97. The molecule has 56 heavy (non-hydrogen) atoms. The number of methoxy groups -OCH3 is 2. The van der Waals surface area contributed by atoms with Gasteiger partial charge in [0.25, 0.3) is 0 Å². The molecule has 3 N–H and O–H groups in total. The van der Waals surface area contributed by atoms with Gasteiger partial charge < -0.3 is 29.7 Å². The van der Waals surface area contributed by atoms with E-state index in [1.165, 1.54) is 26.4 Å². The Labute approximate surface area is 322 Å². The van der Waals surface area contributed by atoms with Crippen molar-refractivity contribution in [3.8, 4) is 0 Å². The van der Waals surface area contributed by atoms with Crippen molar-refractivity contribution in [2.45, 2.75) is 38.8 Å². The molecule has 0 saturated heterocycles. The second-order valence-corrected chi connectivity index (χ2v) is 14.8. The first-order chi connectivity index (χ1) is 26.9. The SMILES string of the molecule is COC(=O)c1cc(C)ccc1Nc1ccc2[nH]c(CC3C[C@@H]3Cc3ccc(Nc4ccc5c(ccn5C5=CC=CC(C(F)(F)F)C5)c4)c(C(=O)OC)c3)cc2c1. The second-order valence-electron chi connectivity index (χ2n) is 14.8. The van der Waals surface area contributed by atoms with Crippen LogP contribution in [0.5, 0.6) is 0 Å². The molecule has 2 aromatic heterocycles. The number of rotatable bonds is 11. The van der Waals surface area contributed by atoms with Crippen LogP contribution >= 0.6 is 0 Å². The van der Waals surface area contributed by atoms with E-state index >= 15 is 0 Å². The monoisotopic (exact) mass is 758 g/mol. The summed E-state index contributed by atoms with van der Waals surface area (Å²) in [6, 6.07) is 27.3. The molecular weight excluding hydrogens is 718 g/mol. The van der Waals surface area contributed by atoms with Gasteiger partial charge in [-0.15, -0.1) is 0 Å². The maximum absolute atomic E-state index is 13.4. The van der Waals surface area contributed by atoms with Crippen molar-refractivity contribution in [1.82, 2.24) is 9.55 Å². The van der Waals surface area contributed by atoms with Gasteiger partial charge in [0.2, 0.25) is 0 Å². The van der Waals surface area contributed by atoms with E-state index in [-0.39, 0.29) is 12.4 Å². The standard InChI is InChI=1S/C45H41F3N4O4/c1-26-7-11-40(37(17-26)43(53)55-2)49-33-9-13-39-31(23-33)24-35(51-39)22-30-20-29(30)18-27-8-12-41(38(19-27)44(54)56-3)50-34-10-14-42-28(21-34)15-16-52(42)36-6-4-5-32(25-36)45(46,47)48/h4-17,19,21,23-24,29-30,32,49-51H,18,20,22,25H2,1-3H3/t29-,30?,32?/m0/s1. The highest BCUT2D eigenvalue weighted by atomic mass is 19.4. The summed E-state index contributed by atoms with van der Waals surface area (Å²) < 4.78 is 52.2. The third-order valence-corrected chi connectivity index (χ3v) is 10.8. The predicted octanol–water partition coefficient (Wildman–Crippen LogP) is 10.9. The quantitative estimate of drug-likeness (QED) is 0.114. The molecule has 2 aliphatic carbocycles. The fourth-order valence-corrected chi connectivity index (χ4v) is 7.78. The summed E-state index contributed by atoms with van der Waals surface area (Å²) >= 11 is 0. The number of esters is 2. The number of hydrogen-bond donors (Lipinski definition) is 3. The van der Waals surface area contributed by atoms with Crippen molar-refractivity contribution in [3.63, 3.8) is 0 Å². The Morgan fingerprint density at radius 1 is 0.804 bits per heavy atom. The maximum Gasteiger partial charge on any atom is 0.395 e. The molecule has 2 heterocycles. The molecule has 0 amide bonds. The fourth-order valence-electron chi connectivity index (χ4n) is 7.78. The third kappa shape index (κ3) is 7.66. The van der Waals surface area contributed by atoms with Gasteiger partial charge in [0.1, 0.15) is 0 Å². The molecule has 2 aliphatic rings. The number of benzene rings is 4. The smallest absolute Gasteiger partial charge is 0.395 e. The number of nitrogens with one attached hydrogen (secondary N) is 3. The highest BCUT2D eigenvalue weighted by molar-refractivity contribution is 5.98. The van der Waals surface area contributed by atoms with Crippen LogP contribution in [0.15, 0.2) is 109 Å². The lowest BCUT2D eigenvalue weighted by molar-refractivity contribution is -0.160. The first-order valence-corrected chi connectivity index (χ1v) is 18.6. The number of allylic oxidation sites excluding steroid dienone is 4. The predicted molar refractivity (Wildman–Crippen MR) is 214 cm³/mol. The molecule has 1 saturated carbocycles. The van der Waals surface area contributed by atoms with E-state index in [9.17, 15) is 22.8 Å². The van der Waals surface area contributed by atoms with Gasteiger partial charge in [-0.05, 0) is 122 Å². The second kappa shape index (κ2) is 14.8. The zero-order chi connectivity index (χ0) is 39.1. The Hall–Kier alpha value is -6.23. The van der Waals surface area contributed by atoms with Crippen LogP contribution in [0.2, 0.25) is 0 Å². The number of carbonyl (C=O) groups excluding carboxylic acids is 2. The Morgan fingerprint density at radius 2 is 1.48 bits per heavy atom. The van der Waals surface area contributed by atoms with Crippen LogP contribution < -0.4 is 10.6 Å². The number of halogens is 3. The molecule has 1 fully saturated rings. The van der Waals surface area contributed by atoms with E-state index in [4.69, 9.17) is 9.47 Å². The van der Waals surface area contributed by atoms with Gasteiger partial charge in [0.15, 0.2) is 0 Å². The maximum atomic E-state index is 13.4. The highest BCUT2D eigenvalue weighted by Gasteiger charge is 2.39. The van der Waals surface area contributed by atoms with Crippen LogP contribution in [0.3, 0.4) is 0 Å². The molecular formula is C45H41F3N4O4. The summed E-state index contributed by atoms with van der Waals surface area (Å²) in [6.07, 6.45) is 4.59. The summed E-state index contributed by atoms with van der Waals surface area (Å²) in [6.45, 7) is 1.94. The van der Waals surface area contributed by atoms with Crippen LogP contribution in [0.4, 0.5) is 35.9 Å². The van der Waals surface area contributed by atoms with Crippen molar-refractivity contribution >= 4 is 62.2 Å². The minimum absolute atomic E-state index is 0.125. The van der Waals surface area contributed by atoms with Crippen molar-refractivity contribution in [3.05, 3.63) is 137 Å². The first-order valence-electron chi connectivity index (χ1n) is 18.6. The molecule has 3 atom stereocenters. The molecule has 8 rings (SSSR count). The van der Waals surface area contributed by atoms with Crippen molar-refractivity contribution in [1.29, 1.82) is 0 Å². The molecule has 0 radical (unpaired) electrons. The van der Waals surface area contributed by atoms with E-state index in [1.807, 2.05) is 79.7 Å². The van der Waals surface area contributed by atoms with Crippen LogP contribution in [0.1, 0.15) is 50.4 Å². The molecule has 2 unspecified atom stereocenters. The minimum Gasteiger partial charge on any atom is -0.465 e. The average molecular weight is 759 g/mol. The lowest BCUT2D eigenvalue weighted by Crippen LogP contribution is -2.23. The number of aromatic nitrogens is 2. The highest BCUT2D eigenvalue weighted by Crippen LogP contribution is 2.44. The fraction of sp³-hybridized carbons (Fsp3) is 0.244. The topological polar surface area (TPSA) is 97.4 Å². The molecule has 8 nitrogen and oxygen atoms in total. The molecule has 6 aromatic rings. The zero-order valence-corrected chi connectivity index (χ0v) is 31.2. The molecule has 0 spiro atoms.